The lowest BCUT2D eigenvalue weighted by Crippen LogP contribution is -2.46. The quantitative estimate of drug-likeness (QED) is 0.840. The minimum Gasteiger partial charge on any atom is -0.342 e. The fraction of sp³-hybridized carbons (Fsp3) is 0.941. The highest BCUT2D eigenvalue weighted by Crippen LogP contribution is 2.33. The van der Waals surface area contributed by atoms with Crippen LogP contribution >= 0.6 is 12.4 Å². The average Bonchev–Trinajstić information content (AvgIpc) is 2.53. The number of unbranched alkanes of at least 4 members (excludes halogenated alkanes) is 1. The first-order valence-electron chi connectivity index (χ1n) is 8.70. The first-order valence-corrected chi connectivity index (χ1v) is 8.70. The molecule has 2 rings (SSSR count). The molecule has 1 aliphatic carbocycles. The van der Waals surface area contributed by atoms with Crippen molar-refractivity contribution >= 4 is 18.3 Å². The molecule has 3 nitrogen and oxygen atoms in total. The maximum absolute atomic E-state index is 12.6. The van der Waals surface area contributed by atoms with E-state index in [4.69, 9.17) is 0 Å². The third-order valence-electron chi connectivity index (χ3n) is 5.38. The second-order valence-corrected chi connectivity index (χ2v) is 6.75. The van der Waals surface area contributed by atoms with Gasteiger partial charge in [-0.15, -0.1) is 12.4 Å². The summed E-state index contributed by atoms with van der Waals surface area (Å²) >= 11 is 0. The molecule has 4 heteroatoms. The molecule has 1 heterocycles. The Morgan fingerprint density at radius 1 is 1.10 bits per heavy atom. The van der Waals surface area contributed by atoms with Gasteiger partial charge in [0.05, 0.1) is 0 Å². The maximum Gasteiger partial charge on any atom is 0.225 e. The van der Waals surface area contributed by atoms with E-state index in [1.165, 1.54) is 32.1 Å². The van der Waals surface area contributed by atoms with Crippen LogP contribution in [0.15, 0.2) is 0 Å². The van der Waals surface area contributed by atoms with E-state index in [-0.39, 0.29) is 12.4 Å². The number of amides is 1. The smallest absolute Gasteiger partial charge is 0.225 e. The van der Waals surface area contributed by atoms with Gasteiger partial charge < -0.3 is 10.2 Å². The third-order valence-corrected chi connectivity index (χ3v) is 5.38. The zero-order valence-electron chi connectivity index (χ0n) is 13.8. The summed E-state index contributed by atoms with van der Waals surface area (Å²) in [5.74, 6) is 1.68. The molecule has 1 N–H and O–H groups in total. The zero-order chi connectivity index (χ0) is 14.4. The molecule has 124 valence electrons. The summed E-state index contributed by atoms with van der Waals surface area (Å²) < 4.78 is 0. The highest BCUT2D eigenvalue weighted by molar-refractivity contribution is 5.85. The number of carbonyl (C=O) groups is 1. The van der Waals surface area contributed by atoms with E-state index in [9.17, 15) is 4.79 Å². The molecule has 1 saturated carbocycles. The van der Waals surface area contributed by atoms with Crippen molar-refractivity contribution in [3.05, 3.63) is 0 Å². The number of likely N-dealkylation sites (tertiary alicyclic amines) is 1. The van der Waals surface area contributed by atoms with Crippen LogP contribution in [0.25, 0.3) is 0 Å². The van der Waals surface area contributed by atoms with Gasteiger partial charge in [-0.25, -0.2) is 0 Å². The molecular weight excluding hydrogens is 284 g/mol. The van der Waals surface area contributed by atoms with E-state index in [1.54, 1.807) is 0 Å². The fourth-order valence-electron chi connectivity index (χ4n) is 3.84. The van der Waals surface area contributed by atoms with Crippen LogP contribution in [-0.4, -0.2) is 37.0 Å². The van der Waals surface area contributed by atoms with E-state index >= 15 is 0 Å². The van der Waals surface area contributed by atoms with Crippen molar-refractivity contribution in [3.63, 3.8) is 0 Å². The number of nitrogens with one attached hydrogen (secondary N) is 1. The van der Waals surface area contributed by atoms with Crippen molar-refractivity contribution in [2.24, 2.45) is 11.8 Å². The maximum atomic E-state index is 12.6. The lowest BCUT2D eigenvalue weighted by atomic mass is 9.79. The number of halogens is 1. The largest absolute Gasteiger partial charge is 0.342 e. The van der Waals surface area contributed by atoms with Gasteiger partial charge in [-0.1, -0.05) is 26.2 Å². The molecule has 0 spiro atoms. The zero-order valence-corrected chi connectivity index (χ0v) is 14.6. The highest BCUT2D eigenvalue weighted by atomic mass is 35.5. The molecule has 0 aromatic carbocycles. The number of hydrogen-bond acceptors (Lipinski definition) is 2. The molecule has 0 radical (unpaired) electrons. The van der Waals surface area contributed by atoms with E-state index in [0.717, 1.165) is 44.7 Å². The van der Waals surface area contributed by atoms with Gasteiger partial charge >= 0.3 is 0 Å². The Bertz CT molecular complexity index is 295. The van der Waals surface area contributed by atoms with Crippen LogP contribution in [0.5, 0.6) is 0 Å². The molecule has 0 bridgehead atoms. The van der Waals surface area contributed by atoms with Crippen molar-refractivity contribution in [2.75, 3.05) is 20.1 Å². The van der Waals surface area contributed by atoms with Crippen LogP contribution in [0.4, 0.5) is 0 Å². The first-order chi connectivity index (χ1) is 9.74. The van der Waals surface area contributed by atoms with Crippen LogP contribution in [0.3, 0.4) is 0 Å². The first kappa shape index (κ1) is 18.8. The molecular formula is C17H33ClN2O. The number of rotatable bonds is 5. The Kier molecular flexibility index (Phi) is 8.65. The minimum atomic E-state index is 0. The van der Waals surface area contributed by atoms with Gasteiger partial charge in [-0.05, 0) is 51.5 Å². The molecule has 1 aliphatic heterocycles. The monoisotopic (exact) mass is 316 g/mol. The standard InChI is InChI=1S/C17H32N2O.ClH/c1-3-4-5-14-6-8-15(9-7-14)17(20)19-12-10-16(18-2)11-13-19;/h14-16,18H,3-13H2,1-2H3;1H. The van der Waals surface area contributed by atoms with Crippen molar-refractivity contribution in [3.8, 4) is 0 Å². The summed E-state index contributed by atoms with van der Waals surface area (Å²) in [6, 6.07) is 0.615. The van der Waals surface area contributed by atoms with E-state index in [2.05, 4.69) is 17.1 Å². The van der Waals surface area contributed by atoms with Crippen molar-refractivity contribution in [1.29, 1.82) is 0 Å². The van der Waals surface area contributed by atoms with E-state index < -0.39 is 0 Å². The molecule has 2 fully saturated rings. The normalized spacial score (nSPS) is 27.2. The summed E-state index contributed by atoms with van der Waals surface area (Å²) in [6.45, 7) is 4.18. The van der Waals surface area contributed by atoms with Crippen molar-refractivity contribution < 1.29 is 4.79 Å². The highest BCUT2D eigenvalue weighted by Gasteiger charge is 2.30. The Labute approximate surface area is 136 Å². The fourth-order valence-corrected chi connectivity index (χ4v) is 3.84. The molecule has 21 heavy (non-hydrogen) atoms. The van der Waals surface area contributed by atoms with Crippen LogP contribution in [0.1, 0.15) is 64.7 Å². The van der Waals surface area contributed by atoms with E-state index in [1.807, 2.05) is 7.05 Å². The van der Waals surface area contributed by atoms with Gasteiger partial charge in [-0.3, -0.25) is 4.79 Å². The predicted molar refractivity (Wildman–Crippen MR) is 90.9 cm³/mol. The van der Waals surface area contributed by atoms with Crippen molar-refractivity contribution in [2.45, 2.75) is 70.8 Å². The average molecular weight is 317 g/mol. The van der Waals surface area contributed by atoms with Crippen LogP contribution in [-0.2, 0) is 4.79 Å². The van der Waals surface area contributed by atoms with Crippen LogP contribution in [0, 0.1) is 11.8 Å². The van der Waals surface area contributed by atoms with Gasteiger partial charge in [0.1, 0.15) is 0 Å². The Morgan fingerprint density at radius 2 is 1.71 bits per heavy atom. The number of hydrogen-bond donors (Lipinski definition) is 1. The van der Waals surface area contributed by atoms with Gasteiger partial charge in [0.2, 0.25) is 5.91 Å². The van der Waals surface area contributed by atoms with Gasteiger partial charge in [0, 0.05) is 25.0 Å². The molecule has 2 aliphatic rings. The molecule has 0 atom stereocenters. The summed E-state index contributed by atoms with van der Waals surface area (Å²) in [5.41, 5.74) is 0. The number of piperidine rings is 1. The molecule has 1 amide bonds. The van der Waals surface area contributed by atoms with Gasteiger partial charge in [0.15, 0.2) is 0 Å². The Morgan fingerprint density at radius 3 is 2.24 bits per heavy atom. The van der Waals surface area contributed by atoms with Crippen LogP contribution < -0.4 is 5.32 Å². The van der Waals surface area contributed by atoms with E-state index in [0.29, 0.717) is 17.9 Å². The second-order valence-electron chi connectivity index (χ2n) is 6.75. The summed E-state index contributed by atoms with van der Waals surface area (Å²) in [4.78, 5) is 14.7. The topological polar surface area (TPSA) is 32.3 Å². The minimum absolute atomic E-state index is 0. The third kappa shape index (κ3) is 5.45. The second kappa shape index (κ2) is 9.68. The summed E-state index contributed by atoms with van der Waals surface area (Å²) in [5, 5.41) is 3.33. The number of carbonyl (C=O) groups excluding carboxylic acids is 1. The number of nitrogens with zero attached hydrogens (tertiary/aromatic N) is 1. The predicted octanol–water partition coefficient (Wildman–Crippen LogP) is 3.62. The summed E-state index contributed by atoms with van der Waals surface area (Å²) in [6.07, 6.45) is 11.1. The lowest BCUT2D eigenvalue weighted by Gasteiger charge is -2.36. The lowest BCUT2D eigenvalue weighted by molar-refractivity contribution is -0.138. The van der Waals surface area contributed by atoms with Crippen LogP contribution in [0.2, 0.25) is 0 Å². The van der Waals surface area contributed by atoms with Crippen molar-refractivity contribution in [1.82, 2.24) is 10.2 Å². The molecule has 0 aromatic rings. The van der Waals surface area contributed by atoms with Gasteiger partial charge in [0.25, 0.3) is 0 Å². The SMILES string of the molecule is CCCCC1CCC(C(=O)N2CCC(NC)CC2)CC1.Cl. The molecule has 0 unspecified atom stereocenters. The molecule has 1 saturated heterocycles. The summed E-state index contributed by atoms with van der Waals surface area (Å²) in [7, 11) is 2.03. The Balaban J connectivity index is 0.00000220. The molecule has 0 aromatic heterocycles. The van der Waals surface area contributed by atoms with Gasteiger partial charge in [-0.2, -0.15) is 0 Å². The Hall–Kier alpha value is -0.280.